The van der Waals surface area contributed by atoms with Crippen molar-refractivity contribution < 1.29 is 9.53 Å². The van der Waals surface area contributed by atoms with E-state index in [-0.39, 0.29) is 12.1 Å². The van der Waals surface area contributed by atoms with E-state index < -0.39 is 0 Å². The van der Waals surface area contributed by atoms with Gasteiger partial charge in [-0.3, -0.25) is 4.98 Å². The summed E-state index contributed by atoms with van der Waals surface area (Å²) < 4.78 is 5.90. The minimum Gasteiger partial charge on any atom is -0.453 e. The van der Waals surface area contributed by atoms with Crippen molar-refractivity contribution in [2.24, 2.45) is 0 Å². The molecule has 0 radical (unpaired) electrons. The maximum atomic E-state index is 12.0. The summed E-state index contributed by atoms with van der Waals surface area (Å²) in [6.45, 7) is 0.607. The topological polar surface area (TPSA) is 42.4 Å². The van der Waals surface area contributed by atoms with Gasteiger partial charge in [-0.2, -0.15) is 0 Å². The lowest BCUT2D eigenvalue weighted by Gasteiger charge is -2.43. The molecule has 0 spiro atoms. The van der Waals surface area contributed by atoms with Gasteiger partial charge in [0.15, 0.2) is 0 Å². The predicted octanol–water partition coefficient (Wildman–Crippen LogP) is 3.45. The molecular formula is C14H17BrN2O2. The quantitative estimate of drug-likeness (QED) is 0.734. The maximum Gasteiger partial charge on any atom is 0.410 e. The highest BCUT2D eigenvalue weighted by Gasteiger charge is 2.40. The second kappa shape index (κ2) is 5.12. The van der Waals surface area contributed by atoms with E-state index in [1.54, 1.807) is 0 Å². The lowest BCUT2D eigenvalue weighted by Crippen LogP contribution is -2.48. The van der Waals surface area contributed by atoms with Gasteiger partial charge in [0.2, 0.25) is 0 Å². The molecule has 3 rings (SSSR count). The average molecular weight is 325 g/mol. The summed E-state index contributed by atoms with van der Waals surface area (Å²) in [4.78, 5) is 18.5. The molecule has 1 saturated carbocycles. The molecule has 2 aliphatic rings. The number of carbonyl (C=O) groups excluding carboxylic acids is 1. The fraction of sp³-hybridized carbons (Fsp3) is 0.571. The van der Waals surface area contributed by atoms with Crippen LogP contribution in [0.25, 0.3) is 0 Å². The number of hydrogen-bond donors (Lipinski definition) is 0. The van der Waals surface area contributed by atoms with Crippen molar-refractivity contribution in [3.63, 3.8) is 0 Å². The second-order valence-electron chi connectivity index (χ2n) is 5.25. The summed E-state index contributed by atoms with van der Waals surface area (Å²) in [5, 5.41) is 0. The number of pyridine rings is 1. The van der Waals surface area contributed by atoms with Crippen molar-refractivity contribution in [3.05, 3.63) is 28.0 Å². The molecule has 102 valence electrons. The Labute approximate surface area is 121 Å². The first-order valence-electron chi connectivity index (χ1n) is 6.69. The van der Waals surface area contributed by atoms with Gasteiger partial charge in [-0.05, 0) is 40.4 Å². The van der Waals surface area contributed by atoms with E-state index in [9.17, 15) is 4.79 Å². The number of fused-ring (bicyclic) bond motifs is 3. The molecule has 2 unspecified atom stereocenters. The monoisotopic (exact) mass is 324 g/mol. The van der Waals surface area contributed by atoms with Crippen LogP contribution in [0, 0.1) is 0 Å². The van der Waals surface area contributed by atoms with Gasteiger partial charge in [0, 0.05) is 22.6 Å². The first-order chi connectivity index (χ1) is 9.20. The zero-order valence-corrected chi connectivity index (χ0v) is 12.5. The van der Waals surface area contributed by atoms with E-state index in [4.69, 9.17) is 4.74 Å². The van der Waals surface area contributed by atoms with Crippen molar-refractivity contribution in [2.75, 3.05) is 7.11 Å². The van der Waals surface area contributed by atoms with Crippen LogP contribution < -0.4 is 0 Å². The summed E-state index contributed by atoms with van der Waals surface area (Å²) >= 11 is 3.46. The summed E-state index contributed by atoms with van der Waals surface area (Å²) in [5.41, 5.74) is 2.32. The van der Waals surface area contributed by atoms with E-state index in [0.717, 1.165) is 22.9 Å². The van der Waals surface area contributed by atoms with Gasteiger partial charge in [0.1, 0.15) is 0 Å². The van der Waals surface area contributed by atoms with Crippen molar-refractivity contribution in [1.82, 2.24) is 9.88 Å². The van der Waals surface area contributed by atoms with E-state index in [2.05, 4.69) is 27.0 Å². The molecule has 2 atom stereocenters. The highest BCUT2D eigenvalue weighted by atomic mass is 79.9. The van der Waals surface area contributed by atoms with Gasteiger partial charge >= 0.3 is 6.09 Å². The highest BCUT2D eigenvalue weighted by molar-refractivity contribution is 9.10. The zero-order chi connectivity index (χ0) is 13.4. The van der Waals surface area contributed by atoms with Crippen LogP contribution in [0.4, 0.5) is 4.79 Å². The molecule has 19 heavy (non-hydrogen) atoms. The maximum absolute atomic E-state index is 12.0. The van der Waals surface area contributed by atoms with Crippen molar-refractivity contribution in [3.8, 4) is 0 Å². The molecule has 0 bridgehead atoms. The summed E-state index contributed by atoms with van der Waals surface area (Å²) in [7, 11) is 1.45. The SMILES string of the molecule is COC(=O)N1Cc2cc(Br)cnc2C2CCCCC21. The largest absolute Gasteiger partial charge is 0.453 e. The molecule has 1 aromatic rings. The second-order valence-corrected chi connectivity index (χ2v) is 6.17. The van der Waals surface area contributed by atoms with Crippen LogP contribution in [-0.4, -0.2) is 29.1 Å². The Morgan fingerprint density at radius 2 is 2.26 bits per heavy atom. The lowest BCUT2D eigenvalue weighted by molar-refractivity contribution is 0.0740. The molecule has 1 aliphatic heterocycles. The zero-order valence-electron chi connectivity index (χ0n) is 10.9. The van der Waals surface area contributed by atoms with E-state index in [0.29, 0.717) is 12.5 Å². The van der Waals surface area contributed by atoms with Crippen molar-refractivity contribution >= 4 is 22.0 Å². The molecule has 1 aromatic heterocycles. The van der Waals surface area contributed by atoms with Gasteiger partial charge in [-0.25, -0.2) is 4.79 Å². The van der Waals surface area contributed by atoms with Gasteiger partial charge in [-0.1, -0.05) is 12.8 Å². The smallest absolute Gasteiger partial charge is 0.410 e. The minimum absolute atomic E-state index is 0.220. The Morgan fingerprint density at radius 3 is 3.05 bits per heavy atom. The summed E-state index contributed by atoms with van der Waals surface area (Å²) in [5.74, 6) is 0.365. The molecular weight excluding hydrogens is 308 g/mol. The fourth-order valence-electron chi connectivity index (χ4n) is 3.37. The van der Waals surface area contributed by atoms with Gasteiger partial charge < -0.3 is 9.64 Å². The third kappa shape index (κ3) is 2.24. The Morgan fingerprint density at radius 1 is 1.47 bits per heavy atom. The number of methoxy groups -OCH3 is 1. The Hall–Kier alpha value is -1.10. The first-order valence-corrected chi connectivity index (χ1v) is 7.49. The first kappa shape index (κ1) is 12.9. The third-order valence-electron chi connectivity index (χ3n) is 4.20. The van der Waals surface area contributed by atoms with E-state index in [1.807, 2.05) is 11.1 Å². The van der Waals surface area contributed by atoms with Crippen LogP contribution in [0.2, 0.25) is 0 Å². The lowest BCUT2D eigenvalue weighted by atomic mass is 9.77. The van der Waals surface area contributed by atoms with Gasteiger partial charge in [-0.15, -0.1) is 0 Å². The highest BCUT2D eigenvalue weighted by Crippen LogP contribution is 2.41. The Kier molecular flexibility index (Phi) is 3.48. The molecule has 2 heterocycles. The van der Waals surface area contributed by atoms with Crippen LogP contribution in [0.15, 0.2) is 16.7 Å². The number of halogens is 1. The number of nitrogens with zero attached hydrogens (tertiary/aromatic N) is 2. The third-order valence-corrected chi connectivity index (χ3v) is 4.63. The van der Waals surface area contributed by atoms with Crippen LogP contribution in [-0.2, 0) is 11.3 Å². The summed E-state index contributed by atoms with van der Waals surface area (Å²) in [6.07, 6.45) is 6.20. The average Bonchev–Trinajstić information content (AvgIpc) is 2.45. The van der Waals surface area contributed by atoms with Crippen LogP contribution in [0.3, 0.4) is 0 Å². The molecule has 4 nitrogen and oxygen atoms in total. The number of amides is 1. The Bertz CT molecular complexity index is 506. The number of rotatable bonds is 0. The molecule has 1 amide bonds. The molecule has 1 fully saturated rings. The van der Waals surface area contributed by atoms with E-state index in [1.165, 1.54) is 25.6 Å². The van der Waals surface area contributed by atoms with Gasteiger partial charge in [0.25, 0.3) is 0 Å². The van der Waals surface area contributed by atoms with Gasteiger partial charge in [0.05, 0.1) is 19.3 Å². The standard InChI is InChI=1S/C14H17BrN2O2/c1-19-14(18)17-8-9-6-10(15)7-16-13(9)11-4-2-3-5-12(11)17/h6-7,11-12H,2-5,8H2,1H3. The molecule has 1 aliphatic carbocycles. The normalized spacial score (nSPS) is 25.5. The minimum atomic E-state index is -0.220. The van der Waals surface area contributed by atoms with Crippen LogP contribution in [0.5, 0.6) is 0 Å². The van der Waals surface area contributed by atoms with Crippen LogP contribution in [0.1, 0.15) is 42.9 Å². The molecule has 5 heteroatoms. The van der Waals surface area contributed by atoms with Crippen LogP contribution >= 0.6 is 15.9 Å². The fourth-order valence-corrected chi connectivity index (χ4v) is 3.75. The predicted molar refractivity (Wildman–Crippen MR) is 74.9 cm³/mol. The number of aromatic nitrogens is 1. The van der Waals surface area contributed by atoms with Crippen molar-refractivity contribution in [2.45, 2.75) is 44.2 Å². The molecule has 0 saturated heterocycles. The number of hydrogen-bond acceptors (Lipinski definition) is 3. The molecule has 0 aromatic carbocycles. The van der Waals surface area contributed by atoms with E-state index >= 15 is 0 Å². The van der Waals surface area contributed by atoms with Crippen molar-refractivity contribution in [1.29, 1.82) is 0 Å². The Balaban J connectivity index is 2.01. The summed E-state index contributed by atoms with van der Waals surface area (Å²) in [6, 6.07) is 2.32. The number of ether oxygens (including phenoxy) is 1. The molecule has 0 N–H and O–H groups in total. The number of carbonyl (C=O) groups is 1.